The molecule has 1 amide bonds. The van der Waals surface area contributed by atoms with Crippen molar-refractivity contribution in [2.45, 2.75) is 45.6 Å². The first kappa shape index (κ1) is 18.8. The summed E-state index contributed by atoms with van der Waals surface area (Å²) in [6.07, 6.45) is 2.09. The van der Waals surface area contributed by atoms with Crippen LogP contribution in [0.1, 0.15) is 42.2 Å². The predicted molar refractivity (Wildman–Crippen MR) is 107 cm³/mol. The zero-order valence-electron chi connectivity index (χ0n) is 15.8. The minimum Gasteiger partial charge on any atom is -0.354 e. The molecule has 1 heterocycles. The Morgan fingerprint density at radius 1 is 1.04 bits per heavy atom. The minimum atomic E-state index is -0.161. The highest BCUT2D eigenvalue weighted by Gasteiger charge is 2.15. The summed E-state index contributed by atoms with van der Waals surface area (Å²) in [5.41, 5.74) is 2.87. The van der Waals surface area contributed by atoms with Gasteiger partial charge >= 0.3 is 0 Å². The number of nitrogens with zero attached hydrogens (tertiary/aromatic N) is 2. The zero-order chi connectivity index (χ0) is 19.2. The van der Waals surface area contributed by atoms with Crippen LogP contribution >= 0.6 is 0 Å². The summed E-state index contributed by atoms with van der Waals surface area (Å²) in [6, 6.07) is 17.9. The Bertz CT molecular complexity index is 931. The molecule has 0 aliphatic carbocycles. The second-order valence-corrected chi connectivity index (χ2v) is 6.90. The molecule has 3 rings (SSSR count). The van der Waals surface area contributed by atoms with Crippen LogP contribution in [-0.2, 0) is 11.2 Å². The lowest BCUT2D eigenvalue weighted by atomic mass is 10.1. The van der Waals surface area contributed by atoms with E-state index in [9.17, 15) is 9.59 Å². The third kappa shape index (κ3) is 4.82. The number of amides is 1. The fourth-order valence-corrected chi connectivity index (χ4v) is 3.19. The number of fused-ring (bicyclic) bond motifs is 1. The van der Waals surface area contributed by atoms with Crippen LogP contribution in [0.25, 0.3) is 10.9 Å². The van der Waals surface area contributed by atoms with E-state index in [0.29, 0.717) is 0 Å². The van der Waals surface area contributed by atoms with E-state index >= 15 is 0 Å². The Kier molecular flexibility index (Phi) is 6.01. The standard InChI is InChI=1S/C22H25N3O2/c1-16(12-13-18-8-4-3-5-9-18)23-21(26)14-15-22(27)25-20-11-7-6-10-19(20)17(2)24-25/h3-11,16H,12-15H2,1-2H3,(H,23,26)/t16-/m0/s1. The molecule has 0 spiro atoms. The fraction of sp³-hybridized carbons (Fsp3) is 0.318. The van der Waals surface area contributed by atoms with Crippen LogP contribution in [0.5, 0.6) is 0 Å². The van der Waals surface area contributed by atoms with Crippen molar-refractivity contribution in [3.63, 3.8) is 0 Å². The van der Waals surface area contributed by atoms with Crippen molar-refractivity contribution in [2.75, 3.05) is 0 Å². The predicted octanol–water partition coefficient (Wildman–Crippen LogP) is 3.90. The number of carbonyl (C=O) groups is 2. The zero-order valence-corrected chi connectivity index (χ0v) is 15.8. The quantitative estimate of drug-likeness (QED) is 0.692. The summed E-state index contributed by atoms with van der Waals surface area (Å²) in [5, 5.41) is 8.27. The minimum absolute atomic E-state index is 0.0700. The van der Waals surface area contributed by atoms with E-state index in [1.165, 1.54) is 10.2 Å². The highest BCUT2D eigenvalue weighted by Crippen LogP contribution is 2.18. The Labute approximate surface area is 159 Å². The number of nitrogens with one attached hydrogen (secondary N) is 1. The summed E-state index contributed by atoms with van der Waals surface area (Å²) < 4.78 is 1.41. The monoisotopic (exact) mass is 363 g/mol. The van der Waals surface area contributed by atoms with Gasteiger partial charge in [0, 0.05) is 24.3 Å². The third-order valence-corrected chi connectivity index (χ3v) is 4.69. The molecule has 1 N–H and O–H groups in total. The summed E-state index contributed by atoms with van der Waals surface area (Å²) in [6.45, 7) is 3.88. The summed E-state index contributed by atoms with van der Waals surface area (Å²) >= 11 is 0. The second kappa shape index (κ2) is 8.62. The topological polar surface area (TPSA) is 64.0 Å². The van der Waals surface area contributed by atoms with Crippen molar-refractivity contribution >= 4 is 22.7 Å². The number of hydrogen-bond donors (Lipinski definition) is 1. The van der Waals surface area contributed by atoms with Crippen molar-refractivity contribution < 1.29 is 9.59 Å². The van der Waals surface area contributed by atoms with E-state index in [2.05, 4.69) is 22.5 Å². The van der Waals surface area contributed by atoms with Crippen molar-refractivity contribution in [2.24, 2.45) is 0 Å². The molecule has 0 bridgehead atoms. The Morgan fingerprint density at radius 2 is 1.74 bits per heavy atom. The van der Waals surface area contributed by atoms with E-state index in [1.807, 2.05) is 56.3 Å². The average Bonchev–Trinajstić information content (AvgIpc) is 3.02. The van der Waals surface area contributed by atoms with Crippen LogP contribution in [0.4, 0.5) is 0 Å². The van der Waals surface area contributed by atoms with Crippen LogP contribution in [-0.4, -0.2) is 27.6 Å². The Hall–Kier alpha value is -2.95. The first-order chi connectivity index (χ1) is 13.0. The molecule has 0 fully saturated rings. The molecule has 1 atom stereocenters. The maximum atomic E-state index is 12.5. The molecular weight excluding hydrogens is 338 g/mol. The van der Waals surface area contributed by atoms with Gasteiger partial charge in [0.05, 0.1) is 11.2 Å². The van der Waals surface area contributed by atoms with E-state index < -0.39 is 0 Å². The van der Waals surface area contributed by atoms with Crippen LogP contribution in [0.3, 0.4) is 0 Å². The van der Waals surface area contributed by atoms with Gasteiger partial charge in [-0.2, -0.15) is 9.78 Å². The van der Waals surface area contributed by atoms with Gasteiger partial charge in [-0.05, 0) is 38.3 Å². The van der Waals surface area contributed by atoms with Crippen LogP contribution < -0.4 is 5.32 Å². The Balaban J connectivity index is 1.49. The van der Waals surface area contributed by atoms with Gasteiger partial charge in [-0.25, -0.2) is 0 Å². The molecular formula is C22H25N3O2. The normalized spacial score (nSPS) is 12.1. The van der Waals surface area contributed by atoms with E-state index in [0.717, 1.165) is 29.4 Å². The molecule has 5 nitrogen and oxygen atoms in total. The molecule has 3 aromatic rings. The van der Waals surface area contributed by atoms with E-state index in [-0.39, 0.29) is 30.7 Å². The van der Waals surface area contributed by atoms with Gasteiger partial charge in [0.2, 0.25) is 11.8 Å². The third-order valence-electron chi connectivity index (χ3n) is 4.69. The molecule has 140 valence electrons. The first-order valence-corrected chi connectivity index (χ1v) is 9.35. The van der Waals surface area contributed by atoms with Crippen LogP contribution in [0.15, 0.2) is 54.6 Å². The van der Waals surface area contributed by atoms with Crippen molar-refractivity contribution in [3.8, 4) is 0 Å². The number of benzene rings is 2. The average molecular weight is 363 g/mol. The molecule has 0 unspecified atom stereocenters. The van der Waals surface area contributed by atoms with Crippen molar-refractivity contribution in [1.29, 1.82) is 0 Å². The largest absolute Gasteiger partial charge is 0.354 e. The molecule has 27 heavy (non-hydrogen) atoms. The number of hydrogen-bond acceptors (Lipinski definition) is 3. The molecule has 0 aliphatic heterocycles. The van der Waals surface area contributed by atoms with Crippen molar-refractivity contribution in [1.82, 2.24) is 15.1 Å². The van der Waals surface area contributed by atoms with Gasteiger partial charge in [-0.15, -0.1) is 0 Å². The van der Waals surface area contributed by atoms with E-state index in [4.69, 9.17) is 0 Å². The van der Waals surface area contributed by atoms with Gasteiger partial charge in [-0.1, -0.05) is 48.5 Å². The second-order valence-electron chi connectivity index (χ2n) is 6.90. The van der Waals surface area contributed by atoms with Crippen molar-refractivity contribution in [3.05, 3.63) is 65.9 Å². The Morgan fingerprint density at radius 3 is 2.52 bits per heavy atom. The van der Waals surface area contributed by atoms with Gasteiger partial charge in [-0.3, -0.25) is 9.59 Å². The fourth-order valence-electron chi connectivity index (χ4n) is 3.19. The maximum absolute atomic E-state index is 12.5. The summed E-state index contributed by atoms with van der Waals surface area (Å²) in [4.78, 5) is 24.7. The number of aromatic nitrogens is 2. The van der Waals surface area contributed by atoms with E-state index in [1.54, 1.807) is 0 Å². The lowest BCUT2D eigenvalue weighted by Crippen LogP contribution is -2.33. The van der Waals surface area contributed by atoms with Crippen LogP contribution in [0, 0.1) is 6.92 Å². The molecule has 5 heteroatoms. The number of para-hydroxylation sites is 1. The molecule has 0 saturated carbocycles. The molecule has 0 aliphatic rings. The first-order valence-electron chi connectivity index (χ1n) is 9.35. The van der Waals surface area contributed by atoms with Gasteiger partial charge < -0.3 is 5.32 Å². The molecule has 0 saturated heterocycles. The van der Waals surface area contributed by atoms with Gasteiger partial charge in [0.25, 0.3) is 0 Å². The smallest absolute Gasteiger partial charge is 0.247 e. The molecule has 0 radical (unpaired) electrons. The lowest BCUT2D eigenvalue weighted by molar-refractivity contribution is -0.121. The van der Waals surface area contributed by atoms with Crippen LogP contribution in [0.2, 0.25) is 0 Å². The van der Waals surface area contributed by atoms with Gasteiger partial charge in [0.15, 0.2) is 0 Å². The highest BCUT2D eigenvalue weighted by atomic mass is 16.2. The molecule has 2 aromatic carbocycles. The molecule has 1 aromatic heterocycles. The van der Waals surface area contributed by atoms with Gasteiger partial charge in [0.1, 0.15) is 0 Å². The highest BCUT2D eigenvalue weighted by molar-refractivity contribution is 5.93. The summed E-state index contributed by atoms with van der Waals surface area (Å²) in [5.74, 6) is -0.261. The number of aryl methyl sites for hydroxylation is 2. The maximum Gasteiger partial charge on any atom is 0.247 e. The SMILES string of the molecule is Cc1nn(C(=O)CCC(=O)N[C@@H](C)CCc2ccccc2)c2ccccc12. The lowest BCUT2D eigenvalue weighted by Gasteiger charge is -2.13. The number of rotatable bonds is 7. The number of carbonyl (C=O) groups excluding carboxylic acids is 2. The summed E-state index contributed by atoms with van der Waals surface area (Å²) in [7, 11) is 0.